The highest BCUT2D eigenvalue weighted by atomic mass is 32.2. The summed E-state index contributed by atoms with van der Waals surface area (Å²) >= 11 is 3.56. The zero-order valence-corrected chi connectivity index (χ0v) is 23.7. The molecule has 0 atom stereocenters. The maximum Gasteiger partial charge on any atom is 0.306 e. The highest BCUT2D eigenvalue weighted by Gasteiger charge is 2.33. The second kappa shape index (κ2) is 12.6. The van der Waals surface area contributed by atoms with Gasteiger partial charge in [0.1, 0.15) is 5.75 Å². The fourth-order valence-corrected chi connectivity index (χ4v) is 8.89. The highest BCUT2D eigenvalue weighted by molar-refractivity contribution is 8.22. The lowest BCUT2D eigenvalue weighted by Crippen LogP contribution is -2.19. The van der Waals surface area contributed by atoms with Gasteiger partial charge in [-0.15, -0.1) is 23.5 Å². The Labute approximate surface area is 233 Å². The highest BCUT2D eigenvalue weighted by Crippen LogP contribution is 2.53. The van der Waals surface area contributed by atoms with Crippen LogP contribution in [-0.2, 0) is 9.09 Å². The second-order valence-electron chi connectivity index (χ2n) is 8.68. The number of hydrogen-bond acceptors (Lipinski definition) is 5. The van der Waals surface area contributed by atoms with Crippen molar-refractivity contribution >= 4 is 53.2 Å². The quantitative estimate of drug-likeness (QED) is 0.124. The van der Waals surface area contributed by atoms with Gasteiger partial charge >= 0.3 is 7.37 Å². The van der Waals surface area contributed by atoms with Crippen LogP contribution >= 0.6 is 30.9 Å². The van der Waals surface area contributed by atoms with E-state index in [1.165, 1.54) is 0 Å². The van der Waals surface area contributed by atoms with Crippen molar-refractivity contribution in [3.8, 4) is 5.75 Å². The maximum atomic E-state index is 15.0. The van der Waals surface area contributed by atoms with E-state index in [9.17, 15) is 0 Å². The third kappa shape index (κ3) is 6.13. The van der Waals surface area contributed by atoms with Crippen molar-refractivity contribution in [1.29, 1.82) is 0 Å². The molecule has 0 unspecified atom stereocenters. The van der Waals surface area contributed by atoms with Crippen LogP contribution in [0, 0.1) is 0 Å². The van der Waals surface area contributed by atoms with E-state index in [0.717, 1.165) is 44.6 Å². The van der Waals surface area contributed by atoms with Gasteiger partial charge in [0.05, 0.1) is 22.0 Å². The average molecular weight is 557 g/mol. The normalized spacial score (nSPS) is 14.1. The van der Waals surface area contributed by atoms with Crippen LogP contribution < -0.4 is 15.3 Å². The Morgan fingerprint density at radius 2 is 1.26 bits per heavy atom. The smallest absolute Gasteiger partial charge is 0.306 e. The van der Waals surface area contributed by atoms with Gasteiger partial charge in [0.25, 0.3) is 0 Å². The van der Waals surface area contributed by atoms with Crippen LogP contribution in [0.3, 0.4) is 0 Å². The number of hydrogen-bond donors (Lipinski definition) is 0. The molecular formula is C32H29O3PS2. The van der Waals surface area contributed by atoms with Gasteiger partial charge in [-0.1, -0.05) is 78.9 Å². The number of allylic oxidation sites excluding steroid dienone is 1. The molecule has 0 N–H and O–H groups in total. The molecule has 0 amide bonds. The minimum absolute atomic E-state index is 0.665. The van der Waals surface area contributed by atoms with Gasteiger partial charge < -0.3 is 9.26 Å². The summed E-state index contributed by atoms with van der Waals surface area (Å²) in [5, 5.41) is 1.35. The molecule has 6 heteroatoms. The Balaban J connectivity index is 1.71. The van der Waals surface area contributed by atoms with E-state index in [1.54, 1.807) is 30.6 Å². The summed E-state index contributed by atoms with van der Waals surface area (Å²) in [7, 11) is -1.82. The first-order valence-corrected chi connectivity index (χ1v) is 16.1. The summed E-state index contributed by atoms with van der Waals surface area (Å²) in [6.07, 6.45) is 3.25. The van der Waals surface area contributed by atoms with E-state index < -0.39 is 7.37 Å². The van der Waals surface area contributed by atoms with E-state index in [4.69, 9.17) is 9.26 Å². The van der Waals surface area contributed by atoms with Crippen LogP contribution in [0.15, 0.2) is 125 Å². The minimum atomic E-state index is -3.48. The molecule has 0 bridgehead atoms. The third-order valence-electron chi connectivity index (χ3n) is 6.11. The molecule has 5 rings (SSSR count). The summed E-state index contributed by atoms with van der Waals surface area (Å²) in [5.74, 6) is 3.47. The first-order chi connectivity index (χ1) is 18.7. The number of methoxy groups -OCH3 is 1. The van der Waals surface area contributed by atoms with Crippen molar-refractivity contribution in [3.63, 3.8) is 0 Å². The Hall–Kier alpha value is -3.11. The van der Waals surface area contributed by atoms with E-state index in [1.807, 2.05) is 103 Å². The topological polar surface area (TPSA) is 35.5 Å². The lowest BCUT2D eigenvalue weighted by atomic mass is 10.0. The van der Waals surface area contributed by atoms with Crippen molar-refractivity contribution < 1.29 is 13.8 Å². The molecule has 1 aliphatic rings. The van der Waals surface area contributed by atoms with E-state index in [-0.39, 0.29) is 0 Å². The molecule has 4 aromatic carbocycles. The minimum Gasteiger partial charge on any atom is -0.497 e. The molecule has 4 aromatic rings. The van der Waals surface area contributed by atoms with Crippen molar-refractivity contribution in [3.05, 3.63) is 136 Å². The van der Waals surface area contributed by atoms with Crippen molar-refractivity contribution in [2.45, 2.75) is 6.42 Å². The predicted octanol–water partition coefficient (Wildman–Crippen LogP) is 8.22. The summed E-state index contributed by atoms with van der Waals surface area (Å²) in [6, 6.07) is 37.3. The molecule has 3 nitrogen and oxygen atoms in total. The molecule has 1 aliphatic heterocycles. The fraction of sp³-hybridized carbons (Fsp3) is 0.125. The Kier molecular flexibility index (Phi) is 8.80. The van der Waals surface area contributed by atoms with E-state index in [0.29, 0.717) is 16.4 Å². The van der Waals surface area contributed by atoms with Crippen molar-refractivity contribution in [2.24, 2.45) is 0 Å². The van der Waals surface area contributed by atoms with Gasteiger partial charge in [-0.2, -0.15) is 0 Å². The van der Waals surface area contributed by atoms with Crippen LogP contribution in [0.4, 0.5) is 0 Å². The summed E-state index contributed by atoms with van der Waals surface area (Å²) < 4.78 is 28.3. The summed E-state index contributed by atoms with van der Waals surface area (Å²) in [4.78, 5) is 0. The average Bonchev–Trinajstić information content (AvgIpc) is 3.01. The Morgan fingerprint density at radius 1 is 0.737 bits per heavy atom. The number of benzene rings is 4. The molecule has 1 heterocycles. The van der Waals surface area contributed by atoms with Crippen LogP contribution in [0.2, 0.25) is 0 Å². The van der Waals surface area contributed by atoms with Gasteiger partial charge in [0.15, 0.2) is 5.76 Å². The monoisotopic (exact) mass is 556 g/mol. The number of rotatable bonds is 8. The largest absolute Gasteiger partial charge is 0.497 e. The molecule has 0 aliphatic carbocycles. The first-order valence-electron chi connectivity index (χ1n) is 12.5. The number of thioether (sulfide) groups is 2. The van der Waals surface area contributed by atoms with Crippen LogP contribution in [-0.4, -0.2) is 18.6 Å². The molecule has 0 radical (unpaired) electrons. The Morgan fingerprint density at radius 3 is 1.79 bits per heavy atom. The van der Waals surface area contributed by atoms with Crippen LogP contribution in [0.25, 0.3) is 11.6 Å². The molecule has 192 valence electrons. The zero-order valence-electron chi connectivity index (χ0n) is 21.2. The molecule has 1 fully saturated rings. The summed E-state index contributed by atoms with van der Waals surface area (Å²) in [6.45, 7) is 0. The maximum absolute atomic E-state index is 15.0. The van der Waals surface area contributed by atoms with Gasteiger partial charge in [0, 0.05) is 5.57 Å². The molecule has 0 spiro atoms. The molecular weight excluding hydrogens is 527 g/mol. The van der Waals surface area contributed by atoms with E-state index in [2.05, 4.69) is 18.2 Å². The SMILES string of the molecule is COc1ccc(/C=C(/C(OP(=O)(c2ccccc2)c2ccccc2)=C2SCCCS2)c2ccccc2)cc1. The standard InChI is InChI=1S/C32H29O3PS2/c1-34-27-20-18-25(19-21-27)24-30(26-12-5-2-6-13-26)31(32-37-22-11-23-38-32)35-36(33,28-14-7-3-8-15-28)29-16-9-4-10-17-29/h2-10,12-21,24H,11,22-23H2,1H3/b30-24+. The summed E-state index contributed by atoms with van der Waals surface area (Å²) in [5.41, 5.74) is 2.91. The molecule has 1 saturated heterocycles. The number of ether oxygens (including phenoxy) is 1. The van der Waals surface area contributed by atoms with Crippen molar-refractivity contribution in [1.82, 2.24) is 0 Å². The molecule has 0 saturated carbocycles. The van der Waals surface area contributed by atoms with Crippen LogP contribution in [0.5, 0.6) is 5.75 Å². The first kappa shape index (κ1) is 26.5. The lowest BCUT2D eigenvalue weighted by molar-refractivity contribution is 0.415. The van der Waals surface area contributed by atoms with Gasteiger partial charge in [-0.3, -0.25) is 4.57 Å². The molecule has 38 heavy (non-hydrogen) atoms. The van der Waals surface area contributed by atoms with Gasteiger partial charge in [-0.05, 0) is 71.5 Å². The van der Waals surface area contributed by atoms with Gasteiger partial charge in [0.2, 0.25) is 0 Å². The third-order valence-corrected chi connectivity index (χ3v) is 11.1. The zero-order chi connectivity index (χ0) is 26.2. The Bertz CT molecular complexity index is 1400. The molecule has 0 aromatic heterocycles. The van der Waals surface area contributed by atoms with E-state index >= 15 is 4.57 Å². The lowest BCUT2D eigenvalue weighted by Gasteiger charge is -2.27. The van der Waals surface area contributed by atoms with Crippen molar-refractivity contribution in [2.75, 3.05) is 18.6 Å². The van der Waals surface area contributed by atoms with Crippen LogP contribution in [0.1, 0.15) is 17.5 Å². The predicted molar refractivity (Wildman–Crippen MR) is 165 cm³/mol. The fourth-order valence-electron chi connectivity index (χ4n) is 4.15. The second-order valence-corrected chi connectivity index (χ2v) is 13.5. The van der Waals surface area contributed by atoms with Gasteiger partial charge in [-0.25, -0.2) is 0 Å².